The summed E-state index contributed by atoms with van der Waals surface area (Å²) >= 11 is 0. The Balaban J connectivity index is 2.65. The maximum atomic E-state index is 13.0. The van der Waals surface area contributed by atoms with Gasteiger partial charge in [-0.15, -0.1) is 0 Å². The van der Waals surface area contributed by atoms with E-state index in [4.69, 9.17) is 0 Å². The molecule has 17 heavy (non-hydrogen) atoms. The standard InChI is InChI=1S/C7H5F9O/c8-3-5(12,13)7(15,16)6(3,14)17-2-1-4(9,10)11/h3H,1-2H2. The lowest BCUT2D eigenvalue weighted by molar-refractivity contribution is -0.465. The van der Waals surface area contributed by atoms with E-state index in [1.165, 1.54) is 0 Å². The highest BCUT2D eigenvalue weighted by Gasteiger charge is 2.91. The molecule has 0 aromatic heterocycles. The highest BCUT2D eigenvalue weighted by Crippen LogP contribution is 2.61. The van der Waals surface area contributed by atoms with Crippen molar-refractivity contribution < 1.29 is 44.3 Å². The normalized spacial score (nSPS) is 35.5. The molecular formula is C7H5F9O. The molecule has 2 atom stereocenters. The maximum absolute atomic E-state index is 13.0. The fourth-order valence-corrected chi connectivity index (χ4v) is 1.18. The van der Waals surface area contributed by atoms with Crippen LogP contribution in [0.2, 0.25) is 0 Å². The van der Waals surface area contributed by atoms with Crippen molar-refractivity contribution in [3.63, 3.8) is 0 Å². The van der Waals surface area contributed by atoms with Gasteiger partial charge in [0, 0.05) is 0 Å². The summed E-state index contributed by atoms with van der Waals surface area (Å²) in [4.78, 5) is 0. The summed E-state index contributed by atoms with van der Waals surface area (Å²) in [5, 5.41) is 0. The zero-order valence-electron chi connectivity index (χ0n) is 7.80. The molecule has 0 aromatic rings. The number of hydrogen-bond acceptors (Lipinski definition) is 1. The third-order valence-corrected chi connectivity index (χ3v) is 2.19. The molecule has 0 amide bonds. The van der Waals surface area contributed by atoms with E-state index in [0.29, 0.717) is 0 Å². The number of rotatable bonds is 3. The number of alkyl halides is 9. The van der Waals surface area contributed by atoms with E-state index in [2.05, 4.69) is 4.74 Å². The fraction of sp³-hybridized carbons (Fsp3) is 1.00. The summed E-state index contributed by atoms with van der Waals surface area (Å²) in [5.74, 6) is -15.5. The highest BCUT2D eigenvalue weighted by atomic mass is 19.4. The lowest BCUT2D eigenvalue weighted by Gasteiger charge is -2.49. The molecule has 1 fully saturated rings. The molecule has 1 aliphatic rings. The molecule has 0 heterocycles. The molecule has 0 aromatic carbocycles. The van der Waals surface area contributed by atoms with Crippen LogP contribution >= 0.6 is 0 Å². The van der Waals surface area contributed by atoms with Crippen LogP contribution in [0.5, 0.6) is 0 Å². The number of hydrogen-bond donors (Lipinski definition) is 0. The van der Waals surface area contributed by atoms with Crippen molar-refractivity contribution in [2.24, 2.45) is 0 Å². The quantitative estimate of drug-likeness (QED) is 0.719. The molecule has 1 saturated carbocycles. The second-order valence-electron chi connectivity index (χ2n) is 3.42. The molecule has 0 saturated heterocycles. The monoisotopic (exact) mass is 276 g/mol. The molecule has 0 bridgehead atoms. The van der Waals surface area contributed by atoms with Gasteiger partial charge < -0.3 is 4.74 Å². The first kappa shape index (κ1) is 14.4. The van der Waals surface area contributed by atoms with Crippen molar-refractivity contribution in [1.82, 2.24) is 0 Å². The average molecular weight is 276 g/mol. The SMILES string of the molecule is FC1C(F)(F)C(F)(F)C1(F)OCCC(F)(F)F. The zero-order valence-corrected chi connectivity index (χ0v) is 7.80. The predicted octanol–water partition coefficient (Wildman–Crippen LogP) is 3.24. The van der Waals surface area contributed by atoms with Crippen LogP contribution in [-0.4, -0.2) is 36.7 Å². The summed E-state index contributed by atoms with van der Waals surface area (Å²) in [6.45, 7) is -1.67. The van der Waals surface area contributed by atoms with E-state index in [1.54, 1.807) is 0 Å². The summed E-state index contributed by atoms with van der Waals surface area (Å²) in [6, 6.07) is 0. The minimum absolute atomic E-state index is 1.67. The summed E-state index contributed by atoms with van der Waals surface area (Å²) in [7, 11) is 0. The first-order valence-corrected chi connectivity index (χ1v) is 4.15. The molecular weight excluding hydrogens is 271 g/mol. The van der Waals surface area contributed by atoms with Gasteiger partial charge in [0.05, 0.1) is 13.0 Å². The number of halogens is 9. The Morgan fingerprint density at radius 3 is 1.82 bits per heavy atom. The maximum Gasteiger partial charge on any atom is 0.391 e. The van der Waals surface area contributed by atoms with Crippen LogP contribution in [0.15, 0.2) is 0 Å². The van der Waals surface area contributed by atoms with E-state index in [-0.39, 0.29) is 0 Å². The van der Waals surface area contributed by atoms with Crippen molar-refractivity contribution in [3.05, 3.63) is 0 Å². The molecule has 0 N–H and O–H groups in total. The molecule has 1 nitrogen and oxygen atoms in total. The van der Waals surface area contributed by atoms with Gasteiger partial charge in [-0.1, -0.05) is 0 Å². The van der Waals surface area contributed by atoms with Crippen LogP contribution < -0.4 is 0 Å². The van der Waals surface area contributed by atoms with Gasteiger partial charge in [-0.25, -0.2) is 8.78 Å². The van der Waals surface area contributed by atoms with Gasteiger partial charge in [0.1, 0.15) is 0 Å². The first-order chi connectivity index (χ1) is 7.36. The highest BCUT2D eigenvalue weighted by molar-refractivity contribution is 5.18. The van der Waals surface area contributed by atoms with Gasteiger partial charge in [-0.3, -0.25) is 0 Å². The van der Waals surface area contributed by atoms with Gasteiger partial charge in [0.15, 0.2) is 0 Å². The third kappa shape index (κ3) is 1.95. The topological polar surface area (TPSA) is 9.23 Å². The minimum atomic E-state index is -5.50. The van der Waals surface area contributed by atoms with E-state index in [9.17, 15) is 39.5 Å². The van der Waals surface area contributed by atoms with E-state index in [0.717, 1.165) is 0 Å². The average Bonchev–Trinajstić information content (AvgIpc) is 2.13. The van der Waals surface area contributed by atoms with Crippen LogP contribution in [0.4, 0.5) is 39.5 Å². The Morgan fingerprint density at radius 1 is 1.00 bits per heavy atom. The summed E-state index contributed by atoms with van der Waals surface area (Å²) in [6.07, 6.45) is -10.7. The largest absolute Gasteiger partial charge is 0.391 e. The van der Waals surface area contributed by atoms with Crippen LogP contribution in [0.3, 0.4) is 0 Å². The third-order valence-electron chi connectivity index (χ3n) is 2.19. The molecule has 2 unspecified atom stereocenters. The van der Waals surface area contributed by atoms with Gasteiger partial charge in [-0.2, -0.15) is 30.7 Å². The lowest BCUT2D eigenvalue weighted by atomic mass is 9.80. The first-order valence-electron chi connectivity index (χ1n) is 4.15. The van der Waals surface area contributed by atoms with Gasteiger partial charge in [-0.05, 0) is 0 Å². The van der Waals surface area contributed by atoms with Crippen molar-refractivity contribution >= 4 is 0 Å². The Hall–Kier alpha value is -0.670. The second-order valence-corrected chi connectivity index (χ2v) is 3.42. The molecule has 0 aliphatic heterocycles. The zero-order chi connectivity index (χ0) is 13.7. The lowest BCUT2D eigenvalue weighted by Crippen LogP contribution is -2.79. The predicted molar refractivity (Wildman–Crippen MR) is 35.3 cm³/mol. The van der Waals surface area contributed by atoms with Gasteiger partial charge in [0.25, 0.3) is 0 Å². The Bertz CT molecular complexity index is 298. The fourth-order valence-electron chi connectivity index (χ4n) is 1.18. The molecule has 0 radical (unpaired) electrons. The number of ether oxygens (including phenoxy) is 1. The van der Waals surface area contributed by atoms with Gasteiger partial charge in [0.2, 0.25) is 6.17 Å². The minimum Gasteiger partial charge on any atom is -0.338 e. The van der Waals surface area contributed by atoms with Gasteiger partial charge >= 0.3 is 23.9 Å². The van der Waals surface area contributed by atoms with Crippen LogP contribution in [0.1, 0.15) is 6.42 Å². The molecule has 0 spiro atoms. The Kier molecular flexibility index (Phi) is 3.10. The summed E-state index contributed by atoms with van der Waals surface area (Å²) < 4.78 is 113. The van der Waals surface area contributed by atoms with Crippen LogP contribution in [0.25, 0.3) is 0 Å². The van der Waals surface area contributed by atoms with E-state index < -0.39 is 43.1 Å². The van der Waals surface area contributed by atoms with E-state index >= 15 is 0 Å². The second kappa shape index (κ2) is 3.66. The molecule has 1 rings (SSSR count). The van der Waals surface area contributed by atoms with E-state index in [1.807, 2.05) is 0 Å². The molecule has 102 valence electrons. The van der Waals surface area contributed by atoms with Crippen molar-refractivity contribution in [3.8, 4) is 0 Å². The Labute approximate surface area is 88.5 Å². The van der Waals surface area contributed by atoms with Crippen LogP contribution in [-0.2, 0) is 4.74 Å². The summed E-state index contributed by atoms with van der Waals surface area (Å²) in [5.41, 5.74) is 0. The molecule has 1 aliphatic carbocycles. The molecule has 10 heteroatoms. The Morgan fingerprint density at radius 2 is 1.47 bits per heavy atom. The van der Waals surface area contributed by atoms with Crippen LogP contribution in [0, 0.1) is 0 Å². The smallest absolute Gasteiger partial charge is 0.338 e. The van der Waals surface area contributed by atoms with Crippen molar-refractivity contribution in [1.29, 1.82) is 0 Å². The van der Waals surface area contributed by atoms with Crippen molar-refractivity contribution in [2.75, 3.05) is 6.61 Å². The van der Waals surface area contributed by atoms with Crippen molar-refractivity contribution in [2.45, 2.75) is 36.5 Å².